The zero-order valence-corrected chi connectivity index (χ0v) is 22.0. The minimum absolute atomic E-state index is 0.0994. The summed E-state index contributed by atoms with van der Waals surface area (Å²) in [6.07, 6.45) is 3.54. The zero-order valence-electron chi connectivity index (χ0n) is 22.0. The molecule has 0 radical (unpaired) electrons. The van der Waals surface area contributed by atoms with Crippen LogP contribution in [0.3, 0.4) is 0 Å². The second kappa shape index (κ2) is 10.1. The lowest BCUT2D eigenvalue weighted by molar-refractivity contribution is -0.125. The number of ether oxygens (including phenoxy) is 1. The number of fused-ring (bicyclic) bond motifs is 1. The van der Waals surface area contributed by atoms with Crippen molar-refractivity contribution >= 4 is 22.9 Å². The number of carbonyl (C=O) groups is 1. The van der Waals surface area contributed by atoms with E-state index in [1.807, 2.05) is 57.2 Å². The average molecular weight is 524 g/mol. The summed E-state index contributed by atoms with van der Waals surface area (Å²) in [7, 11) is 0. The lowest BCUT2D eigenvalue weighted by Crippen LogP contribution is -2.33. The molecule has 3 heterocycles. The van der Waals surface area contributed by atoms with Crippen molar-refractivity contribution in [3.8, 4) is 23.3 Å². The zero-order chi connectivity index (χ0) is 27.7. The number of imidazole rings is 1. The van der Waals surface area contributed by atoms with E-state index in [0.29, 0.717) is 41.3 Å². The Morgan fingerprint density at radius 1 is 1.10 bits per heavy atom. The van der Waals surface area contributed by atoms with Gasteiger partial charge in [0.1, 0.15) is 35.0 Å². The van der Waals surface area contributed by atoms with Gasteiger partial charge in [0.2, 0.25) is 0 Å². The van der Waals surface area contributed by atoms with Gasteiger partial charge in [0.15, 0.2) is 11.5 Å². The number of carbonyl (C=O) groups excluding carboxylic acids is 1. The predicted molar refractivity (Wildman–Crippen MR) is 147 cm³/mol. The van der Waals surface area contributed by atoms with Gasteiger partial charge in [-0.05, 0) is 48.2 Å². The summed E-state index contributed by atoms with van der Waals surface area (Å²) in [6.45, 7) is 6.49. The number of nitrogen functional groups attached to an aromatic ring is 1. The number of allylic oxidation sites excluding steroid dienone is 1. The molecule has 1 aliphatic rings. The molecule has 1 atom stereocenters. The molecular weight excluding hydrogens is 494 g/mol. The number of nitrogens with zero attached hydrogens (tertiary/aromatic N) is 6. The Morgan fingerprint density at radius 2 is 1.79 bits per heavy atom. The second-order valence-electron chi connectivity index (χ2n) is 10.6. The van der Waals surface area contributed by atoms with Crippen molar-refractivity contribution in [2.45, 2.75) is 33.2 Å². The highest BCUT2D eigenvalue weighted by atomic mass is 16.5. The summed E-state index contributed by atoms with van der Waals surface area (Å²) in [5.41, 5.74) is 7.06. The van der Waals surface area contributed by atoms with Crippen molar-refractivity contribution in [3.63, 3.8) is 0 Å². The Hall–Kier alpha value is -4.91. The van der Waals surface area contributed by atoms with Gasteiger partial charge >= 0.3 is 5.69 Å². The van der Waals surface area contributed by atoms with Crippen molar-refractivity contribution in [1.82, 2.24) is 24.0 Å². The number of nitriles is 1. The van der Waals surface area contributed by atoms with Crippen molar-refractivity contribution in [2.75, 3.05) is 18.8 Å². The van der Waals surface area contributed by atoms with Crippen molar-refractivity contribution < 1.29 is 9.53 Å². The highest BCUT2D eigenvalue weighted by Crippen LogP contribution is 2.29. The first-order chi connectivity index (χ1) is 18.7. The normalized spacial score (nSPS) is 15.9. The van der Waals surface area contributed by atoms with Crippen LogP contribution in [0, 0.1) is 16.7 Å². The molecule has 0 bridgehead atoms. The molecule has 2 N–H and O–H groups in total. The van der Waals surface area contributed by atoms with E-state index in [1.165, 1.54) is 10.9 Å². The Balaban J connectivity index is 1.49. The summed E-state index contributed by atoms with van der Waals surface area (Å²) in [6, 6.07) is 18.2. The van der Waals surface area contributed by atoms with Crippen LogP contribution >= 0.6 is 0 Å². The molecule has 1 fully saturated rings. The van der Waals surface area contributed by atoms with Crippen LogP contribution in [0.1, 0.15) is 33.2 Å². The number of rotatable bonds is 5. The standard InChI is InChI=1S/C29H29N7O3/c1-29(2,3)15-19(16-30)27(37)34-14-13-21(17-34)36-26-24(25(31)32-18-33-26)35(28(36)38)20-9-11-23(12-10-20)39-22-7-5-4-6-8-22/h4-12,15,18,21H,13-14,17H2,1-3H3,(H2,31,32,33)/b19-15-/t21-/m0/s1. The maximum absolute atomic E-state index is 13.9. The fraction of sp³-hybridized carbons (Fsp3) is 0.276. The Labute approximate surface area is 225 Å². The molecule has 10 heteroatoms. The van der Waals surface area contributed by atoms with Crippen molar-refractivity contribution in [2.24, 2.45) is 5.41 Å². The monoisotopic (exact) mass is 523 g/mol. The Morgan fingerprint density at radius 3 is 2.46 bits per heavy atom. The number of para-hydroxylation sites is 1. The van der Waals surface area contributed by atoms with Crippen LogP contribution in [0.2, 0.25) is 0 Å². The number of benzene rings is 2. The summed E-state index contributed by atoms with van der Waals surface area (Å²) >= 11 is 0. The number of anilines is 1. The van der Waals surface area contributed by atoms with Gasteiger partial charge < -0.3 is 15.4 Å². The molecule has 5 rings (SSSR count). The van der Waals surface area contributed by atoms with Gasteiger partial charge in [-0.3, -0.25) is 13.9 Å². The maximum atomic E-state index is 13.9. The summed E-state index contributed by atoms with van der Waals surface area (Å²) in [5.74, 6) is 1.16. The molecule has 0 saturated carbocycles. The molecule has 1 saturated heterocycles. The quantitative estimate of drug-likeness (QED) is 0.306. The van der Waals surface area contributed by atoms with Crippen LogP contribution in [-0.2, 0) is 4.79 Å². The first-order valence-corrected chi connectivity index (χ1v) is 12.7. The first kappa shape index (κ1) is 25.7. The molecule has 1 amide bonds. The summed E-state index contributed by atoms with van der Waals surface area (Å²) < 4.78 is 8.95. The van der Waals surface area contributed by atoms with Gasteiger partial charge in [0.05, 0.1) is 11.7 Å². The maximum Gasteiger partial charge on any atom is 0.335 e. The van der Waals surface area contributed by atoms with E-state index in [-0.39, 0.29) is 41.0 Å². The molecule has 2 aromatic carbocycles. The van der Waals surface area contributed by atoms with Gasteiger partial charge in [-0.15, -0.1) is 0 Å². The third kappa shape index (κ3) is 5.11. The lowest BCUT2D eigenvalue weighted by atomic mass is 9.93. The highest BCUT2D eigenvalue weighted by molar-refractivity contribution is 5.97. The Kier molecular flexibility index (Phi) is 6.66. The van der Waals surface area contributed by atoms with Gasteiger partial charge in [0.25, 0.3) is 5.91 Å². The van der Waals surface area contributed by atoms with E-state index in [4.69, 9.17) is 10.5 Å². The van der Waals surface area contributed by atoms with E-state index in [2.05, 4.69) is 9.97 Å². The number of aromatic nitrogens is 4. The van der Waals surface area contributed by atoms with E-state index >= 15 is 0 Å². The molecule has 0 unspecified atom stereocenters. The molecule has 0 aliphatic carbocycles. The molecule has 10 nitrogen and oxygen atoms in total. The van der Waals surface area contributed by atoms with Gasteiger partial charge in [-0.25, -0.2) is 14.8 Å². The molecule has 0 spiro atoms. The van der Waals surface area contributed by atoms with Crippen LogP contribution in [0.25, 0.3) is 16.9 Å². The van der Waals surface area contributed by atoms with Crippen LogP contribution in [0.15, 0.2) is 77.4 Å². The number of likely N-dealkylation sites (tertiary alicyclic amines) is 1. The largest absolute Gasteiger partial charge is 0.457 e. The van der Waals surface area contributed by atoms with Crippen LogP contribution in [0.4, 0.5) is 5.82 Å². The molecule has 198 valence electrons. The summed E-state index contributed by atoms with van der Waals surface area (Å²) in [5, 5.41) is 9.59. The van der Waals surface area contributed by atoms with Crippen LogP contribution in [0.5, 0.6) is 11.5 Å². The van der Waals surface area contributed by atoms with Gasteiger partial charge in [-0.1, -0.05) is 45.0 Å². The van der Waals surface area contributed by atoms with E-state index in [1.54, 1.807) is 39.8 Å². The third-order valence-corrected chi connectivity index (χ3v) is 6.50. The smallest absolute Gasteiger partial charge is 0.335 e. The number of nitrogens with two attached hydrogens (primary N) is 1. The van der Waals surface area contributed by atoms with E-state index in [9.17, 15) is 14.9 Å². The molecule has 2 aromatic heterocycles. The van der Waals surface area contributed by atoms with E-state index in [0.717, 1.165) is 0 Å². The van der Waals surface area contributed by atoms with Crippen molar-refractivity contribution in [1.29, 1.82) is 5.26 Å². The van der Waals surface area contributed by atoms with Gasteiger partial charge in [-0.2, -0.15) is 5.26 Å². The number of amides is 1. The molecule has 39 heavy (non-hydrogen) atoms. The molecule has 1 aliphatic heterocycles. The number of hydrogen-bond donors (Lipinski definition) is 1. The molecular formula is C29H29N7O3. The fourth-order valence-corrected chi connectivity index (χ4v) is 4.81. The van der Waals surface area contributed by atoms with Crippen LogP contribution < -0.4 is 16.2 Å². The third-order valence-electron chi connectivity index (χ3n) is 6.50. The predicted octanol–water partition coefficient (Wildman–Crippen LogP) is 4.23. The summed E-state index contributed by atoms with van der Waals surface area (Å²) in [4.78, 5) is 37.1. The highest BCUT2D eigenvalue weighted by Gasteiger charge is 2.33. The minimum atomic E-state index is -0.338. The fourth-order valence-electron chi connectivity index (χ4n) is 4.81. The first-order valence-electron chi connectivity index (χ1n) is 12.7. The van der Waals surface area contributed by atoms with Gasteiger partial charge in [0, 0.05) is 13.1 Å². The van der Waals surface area contributed by atoms with Crippen molar-refractivity contribution in [3.05, 3.63) is 83.1 Å². The topological polar surface area (TPSA) is 132 Å². The SMILES string of the molecule is CC(C)(C)/C=C(/C#N)C(=O)N1CC[C@H](n2c(=O)n(-c3ccc(Oc4ccccc4)cc3)c3c(N)ncnc32)C1. The Bertz CT molecular complexity index is 1660. The van der Waals surface area contributed by atoms with Crippen LogP contribution in [-0.4, -0.2) is 43.0 Å². The average Bonchev–Trinajstić information content (AvgIpc) is 3.50. The lowest BCUT2D eigenvalue weighted by Gasteiger charge is -2.18. The molecule has 4 aromatic rings. The second-order valence-corrected chi connectivity index (χ2v) is 10.6. The number of hydrogen-bond acceptors (Lipinski definition) is 7. The van der Waals surface area contributed by atoms with E-state index < -0.39 is 0 Å². The minimum Gasteiger partial charge on any atom is -0.457 e.